The van der Waals surface area contributed by atoms with Crippen molar-refractivity contribution >= 4 is 15.8 Å². The van der Waals surface area contributed by atoms with E-state index in [-0.39, 0.29) is 10.7 Å². The lowest BCUT2D eigenvalue weighted by atomic mass is 10.1. The molecule has 1 aliphatic heterocycles. The Hall–Kier alpha value is -1.50. The lowest BCUT2D eigenvalue weighted by molar-refractivity contribution is -0.121. The van der Waals surface area contributed by atoms with E-state index in [0.29, 0.717) is 6.42 Å². The molecule has 0 saturated carbocycles. The van der Waals surface area contributed by atoms with Crippen molar-refractivity contribution in [3.8, 4) is 0 Å². The third-order valence-corrected chi connectivity index (χ3v) is 5.21. The van der Waals surface area contributed by atoms with Crippen LogP contribution in [0.4, 0.5) is 0 Å². The van der Waals surface area contributed by atoms with Gasteiger partial charge < -0.3 is 5.11 Å². The maximum absolute atomic E-state index is 12.6. The molecule has 0 bridgehead atoms. The largest absolute Gasteiger partial charge is 0.374 e. The highest BCUT2D eigenvalue weighted by Gasteiger charge is 2.40. The van der Waals surface area contributed by atoms with Crippen molar-refractivity contribution < 1.29 is 18.3 Å². The fourth-order valence-electron chi connectivity index (χ4n) is 2.21. The SMILES string of the molecule is CC[C@@H]1C(=O)C=C[C@H](O)N1S(=O)(=O)c1ccc(C)cc1. The van der Waals surface area contributed by atoms with E-state index in [9.17, 15) is 18.3 Å². The number of ketones is 1. The van der Waals surface area contributed by atoms with Crippen molar-refractivity contribution in [1.29, 1.82) is 0 Å². The Morgan fingerprint density at radius 2 is 1.85 bits per heavy atom. The van der Waals surface area contributed by atoms with Crippen molar-refractivity contribution in [2.75, 3.05) is 0 Å². The molecule has 1 heterocycles. The highest BCUT2D eigenvalue weighted by atomic mass is 32.2. The number of aliphatic hydroxyl groups is 1. The Labute approximate surface area is 118 Å². The normalized spacial score (nSPS) is 24.1. The fraction of sp³-hybridized carbons (Fsp3) is 0.357. The number of aliphatic hydroxyl groups excluding tert-OH is 1. The third kappa shape index (κ3) is 2.54. The molecule has 0 unspecified atom stereocenters. The number of sulfonamides is 1. The lowest BCUT2D eigenvalue weighted by Crippen LogP contribution is -2.51. The van der Waals surface area contributed by atoms with E-state index in [1.807, 2.05) is 6.92 Å². The first-order chi connectivity index (χ1) is 9.37. The average molecular weight is 295 g/mol. The molecule has 0 aliphatic carbocycles. The molecule has 0 spiro atoms. The van der Waals surface area contributed by atoms with Crippen LogP contribution >= 0.6 is 0 Å². The summed E-state index contributed by atoms with van der Waals surface area (Å²) < 4.78 is 26.1. The molecule has 0 aromatic heterocycles. The van der Waals surface area contributed by atoms with E-state index < -0.39 is 22.3 Å². The highest BCUT2D eigenvalue weighted by molar-refractivity contribution is 7.89. The molecule has 1 N–H and O–H groups in total. The molecule has 2 atom stereocenters. The number of hydrogen-bond donors (Lipinski definition) is 1. The van der Waals surface area contributed by atoms with Crippen LogP contribution in [0.5, 0.6) is 0 Å². The van der Waals surface area contributed by atoms with E-state index in [1.165, 1.54) is 24.3 Å². The lowest BCUT2D eigenvalue weighted by Gasteiger charge is -2.33. The van der Waals surface area contributed by atoms with Gasteiger partial charge in [-0.15, -0.1) is 0 Å². The Balaban J connectivity index is 2.49. The van der Waals surface area contributed by atoms with Crippen molar-refractivity contribution in [3.05, 3.63) is 42.0 Å². The molecule has 0 fully saturated rings. The molecule has 1 aromatic rings. The van der Waals surface area contributed by atoms with Crippen LogP contribution in [-0.4, -0.2) is 35.9 Å². The Morgan fingerprint density at radius 3 is 2.40 bits per heavy atom. The van der Waals surface area contributed by atoms with Crippen molar-refractivity contribution in [1.82, 2.24) is 4.31 Å². The molecule has 2 rings (SSSR count). The number of aryl methyl sites for hydroxylation is 1. The van der Waals surface area contributed by atoms with Gasteiger partial charge in [-0.25, -0.2) is 8.42 Å². The maximum atomic E-state index is 12.6. The second-order valence-corrected chi connectivity index (χ2v) is 6.59. The summed E-state index contributed by atoms with van der Waals surface area (Å²) in [7, 11) is -3.91. The van der Waals surface area contributed by atoms with Crippen LogP contribution in [0.3, 0.4) is 0 Å². The van der Waals surface area contributed by atoms with Gasteiger partial charge in [0.1, 0.15) is 6.23 Å². The number of carbonyl (C=O) groups excluding carboxylic acids is 1. The Bertz CT molecular complexity index is 634. The van der Waals surface area contributed by atoms with Crippen molar-refractivity contribution in [3.63, 3.8) is 0 Å². The molecule has 1 aromatic carbocycles. The zero-order valence-corrected chi connectivity index (χ0v) is 12.2. The van der Waals surface area contributed by atoms with Crippen LogP contribution in [0.25, 0.3) is 0 Å². The van der Waals surface area contributed by atoms with Gasteiger partial charge in [0, 0.05) is 0 Å². The monoisotopic (exact) mass is 295 g/mol. The summed E-state index contributed by atoms with van der Waals surface area (Å²) in [6.45, 7) is 3.57. The van der Waals surface area contributed by atoms with Gasteiger partial charge in [-0.05, 0) is 37.6 Å². The summed E-state index contributed by atoms with van der Waals surface area (Å²) in [6, 6.07) is 5.46. The zero-order chi connectivity index (χ0) is 14.9. The summed E-state index contributed by atoms with van der Waals surface area (Å²) in [4.78, 5) is 11.9. The van der Waals surface area contributed by atoms with E-state index in [0.717, 1.165) is 9.87 Å². The van der Waals surface area contributed by atoms with E-state index >= 15 is 0 Å². The molecular formula is C14H17NO4S. The maximum Gasteiger partial charge on any atom is 0.246 e. The van der Waals surface area contributed by atoms with Crippen molar-refractivity contribution in [2.24, 2.45) is 0 Å². The second-order valence-electron chi connectivity index (χ2n) is 4.75. The minimum atomic E-state index is -3.91. The van der Waals surface area contributed by atoms with Crippen LogP contribution in [0.2, 0.25) is 0 Å². The van der Waals surface area contributed by atoms with Gasteiger partial charge in [0.15, 0.2) is 5.78 Å². The summed E-state index contributed by atoms with van der Waals surface area (Å²) in [5.41, 5.74) is 0.936. The molecule has 108 valence electrons. The van der Waals surface area contributed by atoms with Gasteiger partial charge in [0.05, 0.1) is 10.9 Å². The number of carbonyl (C=O) groups is 1. The van der Waals surface area contributed by atoms with Crippen LogP contribution < -0.4 is 0 Å². The van der Waals surface area contributed by atoms with Gasteiger partial charge in [0.25, 0.3) is 0 Å². The van der Waals surface area contributed by atoms with Gasteiger partial charge >= 0.3 is 0 Å². The highest BCUT2D eigenvalue weighted by Crippen LogP contribution is 2.25. The standard InChI is InChI=1S/C14H17NO4S/c1-3-12-13(16)8-9-14(17)15(12)20(18,19)11-6-4-10(2)5-7-11/h4-9,12,14,17H,3H2,1-2H3/t12-,14+/m1/s1. The minimum absolute atomic E-state index is 0.0729. The van der Waals surface area contributed by atoms with Crippen molar-refractivity contribution in [2.45, 2.75) is 37.4 Å². The number of rotatable bonds is 3. The van der Waals surface area contributed by atoms with Gasteiger partial charge in [-0.2, -0.15) is 4.31 Å². The van der Waals surface area contributed by atoms with Crippen LogP contribution in [-0.2, 0) is 14.8 Å². The van der Waals surface area contributed by atoms with E-state index in [4.69, 9.17) is 0 Å². The molecule has 1 aliphatic rings. The number of hydrogen-bond acceptors (Lipinski definition) is 4. The molecule has 20 heavy (non-hydrogen) atoms. The fourth-order valence-corrected chi connectivity index (χ4v) is 3.88. The minimum Gasteiger partial charge on any atom is -0.374 e. The molecule has 5 nitrogen and oxygen atoms in total. The first-order valence-electron chi connectivity index (χ1n) is 6.38. The predicted molar refractivity (Wildman–Crippen MR) is 74.4 cm³/mol. The molecule has 0 saturated heterocycles. The summed E-state index contributed by atoms with van der Waals surface area (Å²) in [5.74, 6) is -0.312. The third-order valence-electron chi connectivity index (χ3n) is 3.31. The molecule has 0 amide bonds. The van der Waals surface area contributed by atoms with Gasteiger partial charge in [0.2, 0.25) is 10.0 Å². The quantitative estimate of drug-likeness (QED) is 0.910. The first kappa shape index (κ1) is 14.9. The summed E-state index contributed by atoms with van der Waals surface area (Å²) >= 11 is 0. The molecular weight excluding hydrogens is 278 g/mol. The summed E-state index contributed by atoms with van der Waals surface area (Å²) in [6.07, 6.45) is 1.43. The average Bonchev–Trinajstić information content (AvgIpc) is 2.41. The Morgan fingerprint density at radius 1 is 1.25 bits per heavy atom. The first-order valence-corrected chi connectivity index (χ1v) is 7.82. The molecule has 0 radical (unpaired) electrons. The van der Waals surface area contributed by atoms with Gasteiger partial charge in [-0.1, -0.05) is 24.6 Å². The molecule has 6 heteroatoms. The van der Waals surface area contributed by atoms with Crippen LogP contribution in [0, 0.1) is 6.92 Å². The van der Waals surface area contributed by atoms with E-state index in [1.54, 1.807) is 19.1 Å². The number of benzene rings is 1. The Kier molecular flexibility index (Phi) is 4.08. The second kappa shape index (κ2) is 5.47. The van der Waals surface area contributed by atoms with Gasteiger partial charge in [-0.3, -0.25) is 4.79 Å². The predicted octanol–water partition coefficient (Wildman–Crippen LogP) is 1.22. The zero-order valence-electron chi connectivity index (χ0n) is 11.4. The topological polar surface area (TPSA) is 74.7 Å². The number of nitrogens with zero attached hydrogens (tertiary/aromatic N) is 1. The van der Waals surface area contributed by atoms with Crippen LogP contribution in [0.15, 0.2) is 41.3 Å². The van der Waals surface area contributed by atoms with Crippen LogP contribution in [0.1, 0.15) is 18.9 Å². The smallest absolute Gasteiger partial charge is 0.246 e. The summed E-state index contributed by atoms with van der Waals surface area (Å²) in [5, 5.41) is 9.95. The van der Waals surface area contributed by atoms with E-state index in [2.05, 4.69) is 0 Å².